The summed E-state index contributed by atoms with van der Waals surface area (Å²) >= 11 is 12.4. The minimum atomic E-state index is 0.0735. The fourth-order valence-corrected chi connectivity index (χ4v) is 4.13. The molecule has 182 valence electrons. The van der Waals surface area contributed by atoms with Gasteiger partial charge in [-0.3, -0.25) is 0 Å². The van der Waals surface area contributed by atoms with Crippen molar-refractivity contribution in [1.82, 2.24) is 0 Å². The van der Waals surface area contributed by atoms with Gasteiger partial charge < -0.3 is 9.47 Å². The Balaban J connectivity index is 1.67. The van der Waals surface area contributed by atoms with Gasteiger partial charge in [-0.15, -0.1) is 23.2 Å². The molecule has 0 bridgehead atoms. The van der Waals surface area contributed by atoms with Gasteiger partial charge in [-0.2, -0.15) is 0 Å². The van der Waals surface area contributed by atoms with Gasteiger partial charge in [0.05, 0.1) is 11.8 Å². The van der Waals surface area contributed by atoms with Crippen LogP contribution in [0, 0.1) is 0 Å². The molecule has 34 heavy (non-hydrogen) atoms. The minimum Gasteiger partial charge on any atom is -0.489 e. The molecule has 0 saturated carbocycles. The lowest BCUT2D eigenvalue weighted by Crippen LogP contribution is -2.11. The van der Waals surface area contributed by atoms with E-state index in [1.54, 1.807) is 0 Å². The van der Waals surface area contributed by atoms with Crippen LogP contribution in [0.4, 0.5) is 0 Å². The third-order valence-corrected chi connectivity index (χ3v) is 6.50. The highest BCUT2D eigenvalue weighted by Crippen LogP contribution is 2.31. The van der Waals surface area contributed by atoms with Gasteiger partial charge in [0.2, 0.25) is 0 Å². The minimum absolute atomic E-state index is 0.0735. The largest absolute Gasteiger partial charge is 0.489 e. The zero-order valence-corrected chi connectivity index (χ0v) is 22.7. The third kappa shape index (κ3) is 6.93. The first-order chi connectivity index (χ1) is 16.0. The summed E-state index contributed by atoms with van der Waals surface area (Å²) in [5, 5.41) is 0. The van der Waals surface area contributed by atoms with Crippen molar-refractivity contribution in [2.75, 3.05) is 0 Å². The summed E-state index contributed by atoms with van der Waals surface area (Å²) in [7, 11) is 0. The SMILES string of the molecule is CC(C)(C)c1ccc(OCc2cccc(COc3ccc(C(C)(C)C)cc3CCl)c2)c(CCl)c1. The van der Waals surface area contributed by atoms with E-state index < -0.39 is 0 Å². The molecule has 0 fully saturated rings. The van der Waals surface area contributed by atoms with Crippen molar-refractivity contribution in [3.63, 3.8) is 0 Å². The monoisotopic (exact) mass is 498 g/mol. The quantitative estimate of drug-likeness (QED) is 0.288. The van der Waals surface area contributed by atoms with E-state index in [-0.39, 0.29) is 10.8 Å². The summed E-state index contributed by atoms with van der Waals surface area (Å²) in [6.07, 6.45) is 0. The molecule has 3 aromatic carbocycles. The topological polar surface area (TPSA) is 18.5 Å². The van der Waals surface area contributed by atoms with Crippen LogP contribution in [0.3, 0.4) is 0 Å². The summed E-state index contributed by atoms with van der Waals surface area (Å²) < 4.78 is 12.3. The molecule has 3 aromatic rings. The van der Waals surface area contributed by atoms with Gasteiger partial charge >= 0.3 is 0 Å². The van der Waals surface area contributed by atoms with Crippen LogP contribution in [-0.4, -0.2) is 0 Å². The van der Waals surface area contributed by atoms with Crippen molar-refractivity contribution in [1.29, 1.82) is 0 Å². The van der Waals surface area contributed by atoms with E-state index >= 15 is 0 Å². The second-order valence-corrected chi connectivity index (χ2v) is 11.3. The van der Waals surface area contributed by atoms with Crippen molar-refractivity contribution < 1.29 is 9.47 Å². The molecule has 0 spiro atoms. The molecular formula is C30H36Cl2O2. The maximum absolute atomic E-state index is 6.21. The number of benzene rings is 3. The van der Waals surface area contributed by atoms with Crippen LogP contribution in [0.5, 0.6) is 11.5 Å². The van der Waals surface area contributed by atoms with Crippen molar-refractivity contribution in [2.24, 2.45) is 0 Å². The Hall–Kier alpha value is -2.16. The van der Waals surface area contributed by atoms with Crippen molar-refractivity contribution in [3.8, 4) is 11.5 Å². The highest BCUT2D eigenvalue weighted by molar-refractivity contribution is 6.17. The van der Waals surface area contributed by atoms with Crippen LogP contribution in [0.25, 0.3) is 0 Å². The van der Waals surface area contributed by atoms with E-state index in [0.29, 0.717) is 25.0 Å². The Kier molecular flexibility index (Phi) is 8.60. The average molecular weight is 500 g/mol. The maximum atomic E-state index is 6.21. The fraction of sp³-hybridized carbons (Fsp3) is 0.400. The highest BCUT2D eigenvalue weighted by Gasteiger charge is 2.17. The van der Waals surface area contributed by atoms with Crippen LogP contribution < -0.4 is 9.47 Å². The van der Waals surface area contributed by atoms with Gasteiger partial charge in [0.1, 0.15) is 24.7 Å². The zero-order chi connectivity index (χ0) is 24.9. The number of alkyl halides is 2. The summed E-state index contributed by atoms with van der Waals surface area (Å²) in [5.41, 5.74) is 6.85. The van der Waals surface area contributed by atoms with Crippen molar-refractivity contribution >= 4 is 23.2 Å². The number of halogens is 2. The van der Waals surface area contributed by atoms with Gasteiger partial charge in [0.15, 0.2) is 0 Å². The first-order valence-corrected chi connectivity index (χ1v) is 12.8. The second-order valence-electron chi connectivity index (χ2n) is 10.8. The predicted molar refractivity (Wildman–Crippen MR) is 145 cm³/mol. The number of rotatable bonds is 8. The molecule has 2 nitrogen and oxygen atoms in total. The lowest BCUT2D eigenvalue weighted by atomic mass is 9.86. The third-order valence-electron chi connectivity index (χ3n) is 5.92. The lowest BCUT2D eigenvalue weighted by molar-refractivity contribution is 0.297. The van der Waals surface area contributed by atoms with E-state index in [1.807, 2.05) is 18.2 Å². The van der Waals surface area contributed by atoms with Gasteiger partial charge in [-0.25, -0.2) is 0 Å². The van der Waals surface area contributed by atoms with E-state index in [0.717, 1.165) is 33.8 Å². The second kappa shape index (κ2) is 11.1. The molecule has 0 aliphatic carbocycles. The average Bonchev–Trinajstić information content (AvgIpc) is 2.80. The zero-order valence-electron chi connectivity index (χ0n) is 21.2. The predicted octanol–water partition coefficient (Wildman–Crippen LogP) is 8.92. The molecule has 0 radical (unpaired) electrons. The van der Waals surface area contributed by atoms with E-state index in [4.69, 9.17) is 32.7 Å². The van der Waals surface area contributed by atoms with Gasteiger partial charge in [-0.1, -0.05) is 84.0 Å². The Bertz CT molecular complexity index is 1020. The molecule has 4 heteroatoms. The van der Waals surface area contributed by atoms with Crippen LogP contribution in [0.15, 0.2) is 60.7 Å². The molecule has 3 rings (SSSR count). The molecule has 0 aliphatic rings. The molecule has 0 unspecified atom stereocenters. The lowest BCUT2D eigenvalue weighted by Gasteiger charge is -2.21. The molecule has 0 amide bonds. The van der Waals surface area contributed by atoms with Crippen LogP contribution in [0.1, 0.15) is 74.9 Å². The van der Waals surface area contributed by atoms with E-state index in [2.05, 4.69) is 84.0 Å². The smallest absolute Gasteiger partial charge is 0.124 e. The number of hydrogen-bond donors (Lipinski definition) is 0. The van der Waals surface area contributed by atoms with Crippen molar-refractivity contribution in [3.05, 3.63) is 94.0 Å². The Labute approximate surface area is 215 Å². The highest BCUT2D eigenvalue weighted by atomic mass is 35.5. The fourth-order valence-electron chi connectivity index (χ4n) is 3.71. The van der Waals surface area contributed by atoms with Crippen LogP contribution in [0.2, 0.25) is 0 Å². The first kappa shape index (κ1) is 26.4. The molecular weight excluding hydrogens is 463 g/mol. The Morgan fingerprint density at radius 3 is 1.35 bits per heavy atom. The van der Waals surface area contributed by atoms with Gasteiger partial charge in [0, 0.05) is 11.1 Å². The molecule has 0 aliphatic heterocycles. The van der Waals surface area contributed by atoms with Crippen LogP contribution in [-0.2, 0) is 35.8 Å². The Morgan fingerprint density at radius 2 is 1.00 bits per heavy atom. The summed E-state index contributed by atoms with van der Waals surface area (Å²) in [6.45, 7) is 14.1. The maximum Gasteiger partial charge on any atom is 0.124 e. The molecule has 0 N–H and O–H groups in total. The van der Waals surface area contributed by atoms with Gasteiger partial charge in [-0.05, 0) is 51.3 Å². The summed E-state index contributed by atoms with van der Waals surface area (Å²) in [6, 6.07) is 20.9. The van der Waals surface area contributed by atoms with Crippen molar-refractivity contribution in [2.45, 2.75) is 77.3 Å². The number of hydrogen-bond acceptors (Lipinski definition) is 2. The van der Waals surface area contributed by atoms with E-state index in [1.165, 1.54) is 11.1 Å². The number of ether oxygens (including phenoxy) is 2. The normalized spacial score (nSPS) is 12.0. The molecule has 0 atom stereocenters. The van der Waals surface area contributed by atoms with E-state index in [9.17, 15) is 0 Å². The molecule has 0 aromatic heterocycles. The first-order valence-electron chi connectivity index (χ1n) is 11.7. The molecule has 0 saturated heterocycles. The Morgan fingerprint density at radius 1 is 0.588 bits per heavy atom. The summed E-state index contributed by atoms with van der Waals surface area (Å²) in [5.74, 6) is 2.50. The van der Waals surface area contributed by atoms with Crippen LogP contribution >= 0.6 is 23.2 Å². The summed E-state index contributed by atoms with van der Waals surface area (Å²) in [4.78, 5) is 0. The molecule has 0 heterocycles. The van der Waals surface area contributed by atoms with Gasteiger partial charge in [0.25, 0.3) is 0 Å². The standard InChI is InChI=1S/C30H36Cl2O2/c1-29(2,3)25-10-12-27(23(15-25)17-31)33-19-21-8-7-9-22(14-21)20-34-28-13-11-26(30(4,5)6)16-24(28)18-32/h7-16H,17-20H2,1-6H3.